The molecular weight excluding hydrogens is 232 g/mol. The molecule has 7 heteroatoms. The molecule has 2 aromatic heterocycles. The molecule has 14 heavy (non-hydrogen) atoms. The molecule has 0 unspecified atom stereocenters. The molecule has 0 aromatic carbocycles. The van der Waals surface area contributed by atoms with Gasteiger partial charge in [0.1, 0.15) is 4.70 Å². The van der Waals surface area contributed by atoms with Crippen LogP contribution >= 0.6 is 11.3 Å². The van der Waals surface area contributed by atoms with E-state index >= 15 is 0 Å². The van der Waals surface area contributed by atoms with Crippen LogP contribution in [0.25, 0.3) is 10.1 Å². The minimum Gasteiger partial charge on any atom is -0.223 e. The first-order valence-electron chi connectivity index (χ1n) is 3.31. The number of thiophene rings is 1. The molecule has 0 spiro atoms. The first-order chi connectivity index (χ1) is 6.47. The zero-order valence-electron chi connectivity index (χ0n) is 6.71. The molecule has 0 fully saturated rings. The van der Waals surface area contributed by atoms with Crippen LogP contribution in [-0.2, 0) is 0 Å². The fourth-order valence-electron chi connectivity index (χ4n) is 0.778. The van der Waals surface area contributed by atoms with Crippen LogP contribution in [0.4, 0.5) is 0 Å². The third-order valence-electron chi connectivity index (χ3n) is 1.23. The smallest absolute Gasteiger partial charge is 0.223 e. The zero-order chi connectivity index (χ0) is 10.6. The van der Waals surface area contributed by atoms with Crippen LogP contribution in [0.15, 0.2) is 34.5 Å². The highest BCUT2D eigenvalue weighted by atomic mass is 35.7. The van der Waals surface area contributed by atoms with Gasteiger partial charge in [-0.05, 0) is 11.4 Å². The van der Waals surface area contributed by atoms with Crippen molar-refractivity contribution in [1.82, 2.24) is 0 Å². The number of hydrogen-bond donors (Lipinski definition) is 0. The number of rotatable bonds is 0. The largest absolute Gasteiger partial charge is 0.335 e. The number of fused-ring (bicyclic) bond motifs is 1. The van der Waals surface area contributed by atoms with Gasteiger partial charge in [0.25, 0.3) is 0 Å². The maximum atomic E-state index is 8.49. The molecule has 0 bridgehead atoms. The predicted octanol–water partition coefficient (Wildman–Crippen LogP) is -1.98. The maximum absolute atomic E-state index is 8.49. The summed E-state index contributed by atoms with van der Waals surface area (Å²) in [5.74, 6) is 0. The Morgan fingerprint density at radius 3 is 2.36 bits per heavy atom. The van der Waals surface area contributed by atoms with E-state index in [1.807, 2.05) is 6.07 Å². The summed E-state index contributed by atoms with van der Waals surface area (Å²) >= 11 is 1.69. The lowest BCUT2D eigenvalue weighted by Gasteiger charge is -2.17. The third kappa shape index (κ3) is 4.47. The molecule has 0 aliphatic rings. The van der Waals surface area contributed by atoms with Crippen molar-refractivity contribution >= 4 is 21.4 Å². The highest BCUT2D eigenvalue weighted by Crippen LogP contribution is 2.18. The first kappa shape index (κ1) is 11.3. The minimum atomic E-state index is -4.94. The van der Waals surface area contributed by atoms with Crippen molar-refractivity contribution in [2.75, 3.05) is 0 Å². The Kier molecular flexibility index (Phi) is 3.76. The minimum absolute atomic E-state index is 1.21. The van der Waals surface area contributed by atoms with E-state index in [4.69, 9.17) is 23.1 Å². The Bertz CT molecular complexity index is 360. The lowest BCUT2D eigenvalue weighted by atomic mass is 10.4. The molecule has 2 heterocycles. The summed E-state index contributed by atoms with van der Waals surface area (Å²) in [6, 6.07) is 4.04. The van der Waals surface area contributed by atoms with Crippen LogP contribution < -0.4 is 18.6 Å². The Hall–Kier alpha value is -0.760. The molecule has 5 nitrogen and oxygen atoms in total. The van der Waals surface area contributed by atoms with Crippen molar-refractivity contribution in [3.63, 3.8) is 0 Å². The second-order valence-corrected chi connectivity index (χ2v) is 3.88. The molecule has 0 atom stereocenters. The lowest BCUT2D eigenvalue weighted by Crippen LogP contribution is -2.68. The SMILES string of the molecule is [O-][Cl+3]([O-])([O-])[O-].c1cc2ccsc2c[o+]1. The van der Waals surface area contributed by atoms with Gasteiger partial charge in [-0.15, -0.1) is 21.6 Å². The van der Waals surface area contributed by atoms with Crippen molar-refractivity contribution in [3.8, 4) is 0 Å². The van der Waals surface area contributed by atoms with Gasteiger partial charge in [0.05, 0.1) is 0 Å². The quantitative estimate of drug-likeness (QED) is 0.493. The van der Waals surface area contributed by atoms with E-state index in [2.05, 4.69) is 11.4 Å². The fraction of sp³-hybridized carbons (Fsp3) is 0. The monoisotopic (exact) mass is 236 g/mol. The Morgan fingerprint density at radius 1 is 1.14 bits per heavy atom. The first-order valence-corrected chi connectivity index (χ1v) is 5.43. The second kappa shape index (κ2) is 4.65. The summed E-state index contributed by atoms with van der Waals surface area (Å²) < 4.78 is 40.1. The van der Waals surface area contributed by atoms with E-state index in [1.165, 1.54) is 10.1 Å². The van der Waals surface area contributed by atoms with Crippen LogP contribution in [0.1, 0.15) is 0 Å². The number of hydrogen-bond acceptors (Lipinski definition) is 5. The van der Waals surface area contributed by atoms with Gasteiger partial charge in [0, 0.05) is 11.5 Å². The summed E-state index contributed by atoms with van der Waals surface area (Å²) in [5, 5.41) is 3.31. The zero-order valence-corrected chi connectivity index (χ0v) is 8.29. The van der Waals surface area contributed by atoms with Crippen molar-refractivity contribution in [1.29, 1.82) is 0 Å². The van der Waals surface area contributed by atoms with Gasteiger partial charge in [-0.2, -0.15) is 0 Å². The Labute approximate surface area is 85.2 Å². The molecular formula is C7H5ClO5S. The van der Waals surface area contributed by atoms with Crippen molar-refractivity contribution in [2.45, 2.75) is 0 Å². The van der Waals surface area contributed by atoms with Gasteiger partial charge in [-0.1, -0.05) is 0 Å². The van der Waals surface area contributed by atoms with Crippen LogP contribution in [0.2, 0.25) is 0 Å². The van der Waals surface area contributed by atoms with Gasteiger partial charge in [0.15, 0.2) is 0 Å². The van der Waals surface area contributed by atoms with E-state index in [0.29, 0.717) is 0 Å². The van der Waals surface area contributed by atoms with E-state index in [9.17, 15) is 0 Å². The summed E-state index contributed by atoms with van der Waals surface area (Å²) in [7, 11) is -4.94. The van der Waals surface area contributed by atoms with Gasteiger partial charge < -0.3 is 0 Å². The van der Waals surface area contributed by atoms with Crippen molar-refractivity contribution < 1.29 is 33.3 Å². The maximum Gasteiger partial charge on any atom is 0.335 e. The average Bonchev–Trinajstić information content (AvgIpc) is 2.47. The topological polar surface area (TPSA) is 104 Å². The summed E-state index contributed by atoms with van der Waals surface area (Å²) in [4.78, 5) is 0. The molecule has 0 radical (unpaired) electrons. The molecule has 0 aliphatic heterocycles. The van der Waals surface area contributed by atoms with E-state index in [1.54, 1.807) is 23.9 Å². The van der Waals surface area contributed by atoms with E-state index in [0.717, 1.165) is 0 Å². The van der Waals surface area contributed by atoms with Crippen LogP contribution in [0, 0.1) is 10.2 Å². The van der Waals surface area contributed by atoms with Crippen LogP contribution in [0.3, 0.4) is 0 Å². The molecule has 0 aliphatic carbocycles. The average molecular weight is 237 g/mol. The standard InChI is InChI=1S/C7H5OS.ClHO4/c1-3-8-5-7-6(1)2-4-9-7;2-1(3,4)5/h1-5H;(H,2,3,4,5)/q+1;/p-1. The van der Waals surface area contributed by atoms with E-state index in [-0.39, 0.29) is 0 Å². The second-order valence-electron chi connectivity index (χ2n) is 2.17. The molecule has 0 saturated heterocycles. The Morgan fingerprint density at radius 2 is 1.79 bits per heavy atom. The van der Waals surface area contributed by atoms with Crippen LogP contribution in [-0.4, -0.2) is 0 Å². The van der Waals surface area contributed by atoms with Crippen molar-refractivity contribution in [2.24, 2.45) is 0 Å². The summed E-state index contributed by atoms with van der Waals surface area (Å²) in [6.07, 6.45) is 3.45. The van der Waals surface area contributed by atoms with E-state index < -0.39 is 10.2 Å². The highest BCUT2D eigenvalue weighted by molar-refractivity contribution is 7.17. The van der Waals surface area contributed by atoms with Gasteiger partial charge in [-0.25, -0.2) is 23.1 Å². The Balaban J connectivity index is 0.000000171. The van der Waals surface area contributed by atoms with Crippen LogP contribution in [0.5, 0.6) is 0 Å². The van der Waals surface area contributed by atoms with Gasteiger partial charge in [0.2, 0.25) is 0 Å². The molecule has 2 rings (SSSR count). The molecule has 0 saturated carbocycles. The van der Waals surface area contributed by atoms with Crippen molar-refractivity contribution in [3.05, 3.63) is 30.0 Å². The molecule has 2 aromatic rings. The summed E-state index contributed by atoms with van der Waals surface area (Å²) in [5.41, 5.74) is 0. The number of halogens is 1. The summed E-state index contributed by atoms with van der Waals surface area (Å²) in [6.45, 7) is 0. The highest BCUT2D eigenvalue weighted by Gasteiger charge is 1.97. The molecule has 0 amide bonds. The predicted molar refractivity (Wildman–Crippen MR) is 38.5 cm³/mol. The third-order valence-corrected chi connectivity index (χ3v) is 2.09. The van der Waals surface area contributed by atoms with Gasteiger partial charge >= 0.3 is 12.5 Å². The lowest BCUT2D eigenvalue weighted by molar-refractivity contribution is -2.00. The van der Waals surface area contributed by atoms with Gasteiger partial charge in [-0.3, -0.25) is 0 Å². The molecule has 0 N–H and O–H groups in total. The molecule has 76 valence electrons. The normalized spacial score (nSPS) is 10.9. The fourth-order valence-corrected chi connectivity index (χ4v) is 1.52.